The van der Waals surface area contributed by atoms with Crippen LogP contribution in [0.5, 0.6) is 11.5 Å². The molecular formula is C11H8O4. The quantitative estimate of drug-likeness (QED) is 0.669. The Morgan fingerprint density at radius 2 is 1.93 bits per heavy atom. The molecule has 4 nitrogen and oxygen atoms in total. The van der Waals surface area contributed by atoms with Gasteiger partial charge in [0.25, 0.3) is 0 Å². The molecule has 0 saturated heterocycles. The van der Waals surface area contributed by atoms with Gasteiger partial charge in [-0.1, -0.05) is 0 Å². The normalized spacial score (nSPS) is 13.4. The average molecular weight is 204 g/mol. The highest BCUT2D eigenvalue weighted by Gasteiger charge is 2.17. The molecular weight excluding hydrogens is 196 g/mol. The highest BCUT2D eigenvalue weighted by molar-refractivity contribution is 5.96. The molecule has 0 aliphatic carbocycles. The summed E-state index contributed by atoms with van der Waals surface area (Å²) in [6.45, 7) is 1.71. The number of carbonyl (C=O) groups is 1. The minimum atomic E-state index is -0.0896. The lowest BCUT2D eigenvalue weighted by Gasteiger charge is -1.93. The second kappa shape index (κ2) is 2.76. The van der Waals surface area contributed by atoms with E-state index in [1.165, 1.54) is 6.92 Å². The molecule has 0 spiro atoms. The number of hydrogen-bond acceptors (Lipinski definition) is 4. The van der Waals surface area contributed by atoms with Crippen molar-refractivity contribution in [1.82, 2.24) is 0 Å². The minimum absolute atomic E-state index is 0.0896. The summed E-state index contributed by atoms with van der Waals surface area (Å²) in [4.78, 5) is 11.1. The molecule has 0 saturated carbocycles. The van der Waals surface area contributed by atoms with Crippen molar-refractivity contribution in [3.05, 3.63) is 24.0 Å². The van der Waals surface area contributed by atoms with Gasteiger partial charge >= 0.3 is 0 Å². The molecule has 2 aromatic rings. The number of ketones is 1. The van der Waals surface area contributed by atoms with Crippen LogP contribution in [0, 0.1) is 0 Å². The smallest absolute Gasteiger partial charge is 0.231 e. The first kappa shape index (κ1) is 8.35. The van der Waals surface area contributed by atoms with Crippen molar-refractivity contribution in [3.8, 4) is 11.5 Å². The summed E-state index contributed by atoms with van der Waals surface area (Å²) in [5.41, 5.74) is 0.643. The van der Waals surface area contributed by atoms with Gasteiger partial charge in [0.15, 0.2) is 23.0 Å². The van der Waals surface area contributed by atoms with Crippen LogP contribution in [0.4, 0.5) is 0 Å². The molecule has 76 valence electrons. The van der Waals surface area contributed by atoms with E-state index in [2.05, 4.69) is 0 Å². The van der Waals surface area contributed by atoms with Crippen molar-refractivity contribution in [1.29, 1.82) is 0 Å². The van der Waals surface area contributed by atoms with E-state index >= 15 is 0 Å². The van der Waals surface area contributed by atoms with E-state index in [4.69, 9.17) is 13.9 Å². The molecule has 2 heterocycles. The van der Waals surface area contributed by atoms with E-state index in [9.17, 15) is 4.79 Å². The standard InChI is InChI=1S/C11H8O4/c1-6(12)8-2-7-3-10-11(14-5-13-10)4-9(7)15-8/h2-4H,5H2,1H3. The minimum Gasteiger partial charge on any atom is -0.454 e. The van der Waals surface area contributed by atoms with Crippen LogP contribution < -0.4 is 9.47 Å². The molecule has 0 radical (unpaired) electrons. The van der Waals surface area contributed by atoms with Crippen LogP contribution >= 0.6 is 0 Å². The van der Waals surface area contributed by atoms with Crippen LogP contribution in [0.2, 0.25) is 0 Å². The molecule has 1 aliphatic heterocycles. The van der Waals surface area contributed by atoms with E-state index in [-0.39, 0.29) is 12.6 Å². The number of fused-ring (bicyclic) bond motifs is 2. The number of hydrogen-bond donors (Lipinski definition) is 0. The zero-order valence-electron chi connectivity index (χ0n) is 8.07. The molecule has 1 aromatic carbocycles. The Bertz CT molecular complexity index is 512. The largest absolute Gasteiger partial charge is 0.454 e. The van der Waals surface area contributed by atoms with Gasteiger partial charge in [-0.25, -0.2) is 0 Å². The van der Waals surface area contributed by atoms with Crippen LogP contribution in [0.1, 0.15) is 17.5 Å². The van der Waals surface area contributed by atoms with Crippen molar-refractivity contribution in [2.75, 3.05) is 6.79 Å². The van der Waals surface area contributed by atoms with E-state index < -0.39 is 0 Å². The third-order valence-electron chi connectivity index (χ3n) is 2.36. The molecule has 0 atom stereocenters. The fourth-order valence-electron chi connectivity index (χ4n) is 1.60. The topological polar surface area (TPSA) is 48.7 Å². The van der Waals surface area contributed by atoms with E-state index in [1.807, 2.05) is 6.07 Å². The van der Waals surface area contributed by atoms with Gasteiger partial charge in [-0.2, -0.15) is 0 Å². The Kier molecular flexibility index (Phi) is 1.54. The number of carbonyl (C=O) groups excluding carboxylic acids is 1. The zero-order valence-corrected chi connectivity index (χ0v) is 8.07. The molecule has 1 aromatic heterocycles. The highest BCUT2D eigenvalue weighted by atomic mass is 16.7. The molecule has 1 aliphatic rings. The molecule has 0 unspecified atom stereocenters. The Hall–Kier alpha value is -1.97. The van der Waals surface area contributed by atoms with Gasteiger partial charge in [0, 0.05) is 18.4 Å². The van der Waals surface area contributed by atoms with Gasteiger partial charge < -0.3 is 13.9 Å². The number of ether oxygens (including phenoxy) is 2. The molecule has 0 bridgehead atoms. The van der Waals surface area contributed by atoms with Gasteiger partial charge in [-0.15, -0.1) is 0 Å². The summed E-state index contributed by atoms with van der Waals surface area (Å²) in [7, 11) is 0. The molecule has 15 heavy (non-hydrogen) atoms. The summed E-state index contributed by atoms with van der Waals surface area (Å²) in [5.74, 6) is 1.62. The molecule has 4 heteroatoms. The Labute approximate surface area is 85.4 Å². The van der Waals surface area contributed by atoms with E-state index in [0.717, 1.165) is 5.39 Å². The summed E-state index contributed by atoms with van der Waals surface area (Å²) in [6, 6.07) is 5.26. The predicted molar refractivity (Wildman–Crippen MR) is 52.3 cm³/mol. The Morgan fingerprint density at radius 1 is 1.20 bits per heavy atom. The van der Waals surface area contributed by atoms with E-state index in [1.54, 1.807) is 12.1 Å². The van der Waals surface area contributed by atoms with Crippen LogP contribution in [-0.2, 0) is 0 Å². The summed E-state index contributed by atoms with van der Waals surface area (Å²) >= 11 is 0. The summed E-state index contributed by atoms with van der Waals surface area (Å²) in [5, 5.41) is 0.851. The number of benzene rings is 1. The van der Waals surface area contributed by atoms with Gasteiger partial charge in [0.2, 0.25) is 6.79 Å². The van der Waals surface area contributed by atoms with Crippen LogP contribution in [0.3, 0.4) is 0 Å². The predicted octanol–water partition coefficient (Wildman–Crippen LogP) is 2.36. The zero-order chi connectivity index (χ0) is 10.4. The summed E-state index contributed by atoms with van der Waals surface area (Å²) in [6.07, 6.45) is 0. The SMILES string of the molecule is CC(=O)c1cc2cc3c(cc2o1)OCO3. The van der Waals surface area contributed by atoms with Gasteiger partial charge in [-0.05, 0) is 12.1 Å². The highest BCUT2D eigenvalue weighted by Crippen LogP contribution is 2.37. The van der Waals surface area contributed by atoms with Crippen LogP contribution in [-0.4, -0.2) is 12.6 Å². The van der Waals surface area contributed by atoms with Crippen molar-refractivity contribution in [2.24, 2.45) is 0 Å². The number of furan rings is 1. The van der Waals surface area contributed by atoms with Crippen molar-refractivity contribution < 1.29 is 18.7 Å². The first-order valence-corrected chi connectivity index (χ1v) is 4.58. The third-order valence-corrected chi connectivity index (χ3v) is 2.36. The third kappa shape index (κ3) is 1.18. The molecule has 0 amide bonds. The fraction of sp³-hybridized carbons (Fsp3) is 0.182. The fourth-order valence-corrected chi connectivity index (χ4v) is 1.60. The first-order chi connectivity index (χ1) is 7.24. The monoisotopic (exact) mass is 204 g/mol. The maximum absolute atomic E-state index is 11.1. The van der Waals surface area contributed by atoms with Gasteiger partial charge in [0.1, 0.15) is 5.58 Å². The number of rotatable bonds is 1. The van der Waals surface area contributed by atoms with Crippen molar-refractivity contribution >= 4 is 16.8 Å². The maximum Gasteiger partial charge on any atom is 0.231 e. The van der Waals surface area contributed by atoms with Crippen LogP contribution in [0.25, 0.3) is 11.0 Å². The lowest BCUT2D eigenvalue weighted by molar-refractivity contribution is 0.0989. The lowest BCUT2D eigenvalue weighted by Crippen LogP contribution is -1.92. The average Bonchev–Trinajstić information content (AvgIpc) is 2.77. The second-order valence-corrected chi connectivity index (χ2v) is 3.41. The van der Waals surface area contributed by atoms with Crippen molar-refractivity contribution in [2.45, 2.75) is 6.92 Å². The number of Topliss-reactive ketones (excluding diaryl/α,β-unsaturated/α-hetero) is 1. The summed E-state index contributed by atoms with van der Waals surface area (Å²) < 4.78 is 15.8. The van der Waals surface area contributed by atoms with E-state index in [0.29, 0.717) is 22.8 Å². The second-order valence-electron chi connectivity index (χ2n) is 3.41. The molecule has 0 N–H and O–H groups in total. The Morgan fingerprint density at radius 3 is 2.67 bits per heavy atom. The lowest BCUT2D eigenvalue weighted by atomic mass is 10.2. The first-order valence-electron chi connectivity index (χ1n) is 4.58. The van der Waals surface area contributed by atoms with Gasteiger partial charge in [-0.3, -0.25) is 4.79 Å². The maximum atomic E-state index is 11.1. The molecule has 0 fully saturated rings. The van der Waals surface area contributed by atoms with Gasteiger partial charge in [0.05, 0.1) is 0 Å². The van der Waals surface area contributed by atoms with Crippen LogP contribution in [0.15, 0.2) is 22.6 Å². The molecule has 3 rings (SSSR count). The van der Waals surface area contributed by atoms with Crippen molar-refractivity contribution in [3.63, 3.8) is 0 Å². The Balaban J connectivity index is 2.24.